The van der Waals surface area contributed by atoms with Gasteiger partial charge in [-0.2, -0.15) is 4.68 Å². The Morgan fingerprint density at radius 1 is 1.23 bits per heavy atom. The SMILES string of the molecule is CCCCc1nc(SC(COC(C)=O)C(=O)OCC)n(C(=O)N(C)C)n1. The number of carbonyl (C=O) groups excluding carboxylic acids is 3. The summed E-state index contributed by atoms with van der Waals surface area (Å²) in [5.74, 6) is -0.519. The van der Waals surface area contributed by atoms with E-state index in [2.05, 4.69) is 10.1 Å². The summed E-state index contributed by atoms with van der Waals surface area (Å²) in [6.07, 6.45) is 2.49. The Kier molecular flexibility index (Phi) is 9.11. The van der Waals surface area contributed by atoms with E-state index < -0.39 is 17.2 Å². The van der Waals surface area contributed by atoms with E-state index in [4.69, 9.17) is 9.47 Å². The summed E-state index contributed by atoms with van der Waals surface area (Å²) in [6.45, 7) is 5.01. The molecule has 0 aliphatic heterocycles. The molecular weight excluding hydrogens is 360 g/mol. The fraction of sp³-hybridized carbons (Fsp3) is 0.688. The number of nitrogens with zero attached hydrogens (tertiary/aromatic N) is 4. The second-order valence-corrected chi connectivity index (χ2v) is 6.83. The lowest BCUT2D eigenvalue weighted by Gasteiger charge is -2.15. The normalized spacial score (nSPS) is 11.7. The molecule has 0 saturated carbocycles. The molecule has 0 bridgehead atoms. The highest BCUT2D eigenvalue weighted by molar-refractivity contribution is 8.00. The summed E-state index contributed by atoms with van der Waals surface area (Å²) in [5, 5.41) is 3.68. The zero-order valence-electron chi connectivity index (χ0n) is 15.9. The average molecular weight is 386 g/mol. The minimum absolute atomic E-state index is 0.174. The number of aromatic nitrogens is 3. The van der Waals surface area contributed by atoms with Gasteiger partial charge in [0, 0.05) is 27.4 Å². The Hall–Kier alpha value is -2.10. The van der Waals surface area contributed by atoms with Crippen LogP contribution >= 0.6 is 11.8 Å². The quantitative estimate of drug-likeness (QED) is 0.467. The van der Waals surface area contributed by atoms with E-state index in [-0.39, 0.29) is 24.4 Å². The van der Waals surface area contributed by atoms with E-state index in [1.54, 1.807) is 21.0 Å². The fourth-order valence-electron chi connectivity index (χ4n) is 1.88. The van der Waals surface area contributed by atoms with Crippen LogP contribution < -0.4 is 0 Å². The van der Waals surface area contributed by atoms with Gasteiger partial charge in [0.15, 0.2) is 11.0 Å². The molecule has 1 unspecified atom stereocenters. The molecule has 0 aliphatic rings. The third-order valence-electron chi connectivity index (χ3n) is 3.17. The van der Waals surface area contributed by atoms with E-state index in [1.165, 1.54) is 11.8 Å². The number of thioether (sulfide) groups is 1. The van der Waals surface area contributed by atoms with Crippen LogP contribution in [0, 0.1) is 0 Å². The topological polar surface area (TPSA) is 104 Å². The molecule has 1 amide bonds. The molecule has 146 valence electrons. The van der Waals surface area contributed by atoms with Crippen molar-refractivity contribution in [3.8, 4) is 0 Å². The molecule has 0 aliphatic carbocycles. The van der Waals surface area contributed by atoms with Gasteiger partial charge < -0.3 is 14.4 Å². The molecule has 0 radical (unpaired) electrons. The first-order chi connectivity index (χ1) is 12.3. The van der Waals surface area contributed by atoms with Crippen LogP contribution in [-0.4, -0.2) is 70.2 Å². The number of unbranched alkanes of at least 4 members (excludes halogenated alkanes) is 1. The lowest BCUT2D eigenvalue weighted by atomic mass is 10.2. The molecule has 0 aromatic carbocycles. The number of esters is 2. The number of rotatable bonds is 9. The largest absolute Gasteiger partial charge is 0.465 e. The molecule has 1 atom stereocenters. The molecule has 9 nitrogen and oxygen atoms in total. The molecule has 0 N–H and O–H groups in total. The van der Waals surface area contributed by atoms with Crippen molar-refractivity contribution in [2.24, 2.45) is 0 Å². The number of hydrogen-bond donors (Lipinski definition) is 0. The van der Waals surface area contributed by atoms with Crippen molar-refractivity contribution in [2.45, 2.75) is 50.4 Å². The smallest absolute Gasteiger partial charge is 0.346 e. The van der Waals surface area contributed by atoms with E-state index >= 15 is 0 Å². The summed E-state index contributed by atoms with van der Waals surface area (Å²) < 4.78 is 11.1. The molecule has 1 heterocycles. The number of aryl methyl sites for hydroxylation is 1. The number of carbonyl (C=O) groups is 3. The van der Waals surface area contributed by atoms with Crippen molar-refractivity contribution < 1.29 is 23.9 Å². The van der Waals surface area contributed by atoms with Gasteiger partial charge in [0.25, 0.3) is 0 Å². The first-order valence-corrected chi connectivity index (χ1v) is 9.32. The summed E-state index contributed by atoms with van der Waals surface area (Å²) in [6, 6.07) is -0.377. The molecule has 10 heteroatoms. The van der Waals surface area contributed by atoms with Gasteiger partial charge in [0.1, 0.15) is 11.9 Å². The summed E-state index contributed by atoms with van der Waals surface area (Å²) >= 11 is 0.995. The van der Waals surface area contributed by atoms with Crippen LogP contribution in [-0.2, 0) is 25.5 Å². The minimum Gasteiger partial charge on any atom is -0.465 e. The molecule has 0 spiro atoms. The van der Waals surface area contributed by atoms with Crippen LogP contribution in [0.1, 0.15) is 39.4 Å². The van der Waals surface area contributed by atoms with Crippen LogP contribution in [0.25, 0.3) is 0 Å². The molecule has 0 saturated heterocycles. The number of ether oxygens (including phenoxy) is 2. The molecule has 1 rings (SSSR count). The maximum atomic E-state index is 12.4. The Labute approximate surface area is 157 Å². The highest BCUT2D eigenvalue weighted by atomic mass is 32.2. The Morgan fingerprint density at radius 3 is 2.46 bits per heavy atom. The number of amides is 1. The van der Waals surface area contributed by atoms with Crippen molar-refractivity contribution in [2.75, 3.05) is 27.3 Å². The monoisotopic (exact) mass is 386 g/mol. The minimum atomic E-state index is -0.837. The van der Waals surface area contributed by atoms with Crippen LogP contribution in [0.4, 0.5) is 4.79 Å². The summed E-state index contributed by atoms with van der Waals surface area (Å²) in [5.41, 5.74) is 0. The van der Waals surface area contributed by atoms with Crippen molar-refractivity contribution in [1.29, 1.82) is 0 Å². The summed E-state index contributed by atoms with van der Waals surface area (Å²) in [4.78, 5) is 41.4. The van der Waals surface area contributed by atoms with Crippen LogP contribution in [0.5, 0.6) is 0 Å². The molecule has 1 aromatic heterocycles. The van der Waals surface area contributed by atoms with Crippen molar-refractivity contribution in [3.63, 3.8) is 0 Å². The van der Waals surface area contributed by atoms with Gasteiger partial charge in [0.05, 0.1) is 6.61 Å². The van der Waals surface area contributed by atoms with Gasteiger partial charge >= 0.3 is 18.0 Å². The zero-order valence-corrected chi connectivity index (χ0v) is 16.7. The van der Waals surface area contributed by atoms with E-state index in [0.717, 1.165) is 29.3 Å². The Bertz CT molecular complexity index is 632. The van der Waals surface area contributed by atoms with Crippen LogP contribution in [0.2, 0.25) is 0 Å². The third kappa shape index (κ3) is 6.66. The highest BCUT2D eigenvalue weighted by Gasteiger charge is 2.28. The second-order valence-electron chi connectivity index (χ2n) is 5.66. The highest BCUT2D eigenvalue weighted by Crippen LogP contribution is 2.24. The maximum absolute atomic E-state index is 12.4. The van der Waals surface area contributed by atoms with Gasteiger partial charge in [-0.25, -0.2) is 9.78 Å². The lowest BCUT2D eigenvalue weighted by Crippen LogP contribution is -2.31. The summed E-state index contributed by atoms with van der Waals surface area (Å²) in [7, 11) is 3.21. The first-order valence-electron chi connectivity index (χ1n) is 8.44. The standard InChI is InChI=1S/C16H26N4O5S/c1-6-8-9-13-17-15(20(18-13)16(23)19(4)5)26-12(10-25-11(3)21)14(22)24-7-2/h12H,6-10H2,1-5H3. The first kappa shape index (κ1) is 21.9. The fourth-order valence-corrected chi connectivity index (χ4v) is 2.81. The molecule has 1 aromatic rings. The van der Waals surface area contributed by atoms with Gasteiger partial charge in [-0.1, -0.05) is 25.1 Å². The van der Waals surface area contributed by atoms with Crippen LogP contribution in [0.3, 0.4) is 0 Å². The van der Waals surface area contributed by atoms with Crippen molar-refractivity contribution in [1.82, 2.24) is 19.7 Å². The maximum Gasteiger partial charge on any atom is 0.346 e. The van der Waals surface area contributed by atoms with Gasteiger partial charge in [0.2, 0.25) is 0 Å². The zero-order chi connectivity index (χ0) is 19.7. The van der Waals surface area contributed by atoms with Gasteiger partial charge in [-0.05, 0) is 13.3 Å². The second kappa shape index (κ2) is 10.8. The van der Waals surface area contributed by atoms with Crippen molar-refractivity contribution in [3.05, 3.63) is 5.82 Å². The molecular formula is C16H26N4O5S. The van der Waals surface area contributed by atoms with E-state index in [1.807, 2.05) is 6.92 Å². The Balaban J connectivity index is 3.09. The number of hydrogen-bond acceptors (Lipinski definition) is 8. The van der Waals surface area contributed by atoms with E-state index in [9.17, 15) is 14.4 Å². The predicted octanol–water partition coefficient (Wildman–Crippen LogP) is 1.74. The van der Waals surface area contributed by atoms with Crippen LogP contribution in [0.15, 0.2) is 5.16 Å². The van der Waals surface area contributed by atoms with E-state index in [0.29, 0.717) is 12.2 Å². The molecule has 0 fully saturated rings. The lowest BCUT2D eigenvalue weighted by molar-refractivity contribution is -0.147. The average Bonchev–Trinajstić information content (AvgIpc) is 2.98. The van der Waals surface area contributed by atoms with Crippen molar-refractivity contribution >= 4 is 29.7 Å². The van der Waals surface area contributed by atoms with Gasteiger partial charge in [-0.15, -0.1) is 5.10 Å². The molecule has 26 heavy (non-hydrogen) atoms. The third-order valence-corrected chi connectivity index (χ3v) is 4.26. The Morgan fingerprint density at radius 2 is 1.92 bits per heavy atom. The van der Waals surface area contributed by atoms with Gasteiger partial charge in [-0.3, -0.25) is 9.59 Å². The predicted molar refractivity (Wildman–Crippen MR) is 96.0 cm³/mol.